The number of nitrogen functional groups attached to an aromatic ring is 2. The number of nitrogens with zero attached hydrogens (tertiary/aromatic N) is 3. The SMILES string of the molecule is Nc1c(-c2c(N)n(-c3cc(-c4ccccc4)nc(-c4ccccc4)n3)c3ccccc23)sc2ccccc12. The molecule has 0 bridgehead atoms. The Morgan fingerprint density at radius 1 is 0.632 bits per heavy atom. The first-order chi connectivity index (χ1) is 18.7. The Balaban J connectivity index is 1.53. The van der Waals surface area contributed by atoms with Crippen LogP contribution in [0.4, 0.5) is 11.5 Å². The number of benzene rings is 4. The van der Waals surface area contributed by atoms with Crippen molar-refractivity contribution in [3.63, 3.8) is 0 Å². The smallest absolute Gasteiger partial charge is 0.162 e. The molecule has 0 aliphatic heterocycles. The summed E-state index contributed by atoms with van der Waals surface area (Å²) in [4.78, 5) is 10.9. The number of nitrogens with two attached hydrogens (primary N) is 2. The zero-order chi connectivity index (χ0) is 25.6. The lowest BCUT2D eigenvalue weighted by Crippen LogP contribution is -2.05. The molecule has 5 nitrogen and oxygen atoms in total. The molecule has 6 heteroatoms. The predicted octanol–water partition coefficient (Wildman–Crippen LogP) is 7.80. The summed E-state index contributed by atoms with van der Waals surface area (Å²) in [6, 6.07) is 38.6. The van der Waals surface area contributed by atoms with Crippen LogP contribution in [0.1, 0.15) is 0 Å². The molecule has 0 spiro atoms. The van der Waals surface area contributed by atoms with Gasteiger partial charge < -0.3 is 11.5 Å². The Morgan fingerprint density at radius 2 is 1.26 bits per heavy atom. The van der Waals surface area contributed by atoms with Gasteiger partial charge in [-0.1, -0.05) is 97.1 Å². The van der Waals surface area contributed by atoms with E-state index in [0.29, 0.717) is 17.5 Å². The number of thiophene rings is 1. The molecule has 0 amide bonds. The summed E-state index contributed by atoms with van der Waals surface area (Å²) in [7, 11) is 0. The molecular formula is C32H23N5S. The zero-order valence-corrected chi connectivity index (χ0v) is 21.2. The van der Waals surface area contributed by atoms with Gasteiger partial charge in [0.2, 0.25) is 0 Å². The fourth-order valence-electron chi connectivity index (χ4n) is 5.02. The third-order valence-corrected chi connectivity index (χ3v) is 8.02. The van der Waals surface area contributed by atoms with Crippen LogP contribution in [-0.2, 0) is 0 Å². The first-order valence-electron chi connectivity index (χ1n) is 12.4. The van der Waals surface area contributed by atoms with E-state index in [0.717, 1.165) is 53.9 Å². The third kappa shape index (κ3) is 3.54. The Morgan fingerprint density at radius 3 is 2.00 bits per heavy atom. The van der Waals surface area contributed by atoms with Crippen LogP contribution in [-0.4, -0.2) is 14.5 Å². The molecule has 38 heavy (non-hydrogen) atoms. The molecule has 0 atom stereocenters. The zero-order valence-electron chi connectivity index (χ0n) is 20.4. The van der Waals surface area contributed by atoms with Crippen LogP contribution in [0.2, 0.25) is 0 Å². The highest BCUT2D eigenvalue weighted by Crippen LogP contribution is 2.47. The van der Waals surface area contributed by atoms with Crippen LogP contribution < -0.4 is 11.5 Å². The summed E-state index contributed by atoms with van der Waals surface area (Å²) >= 11 is 1.66. The maximum Gasteiger partial charge on any atom is 0.162 e. The number of aromatic nitrogens is 3. The van der Waals surface area contributed by atoms with E-state index in [1.165, 1.54) is 0 Å². The summed E-state index contributed by atoms with van der Waals surface area (Å²) in [6.07, 6.45) is 0. The van der Waals surface area contributed by atoms with Crippen molar-refractivity contribution in [1.82, 2.24) is 14.5 Å². The lowest BCUT2D eigenvalue weighted by Gasteiger charge is -2.12. The van der Waals surface area contributed by atoms with E-state index in [9.17, 15) is 0 Å². The summed E-state index contributed by atoms with van der Waals surface area (Å²) in [5.41, 5.74) is 19.1. The van der Waals surface area contributed by atoms with Gasteiger partial charge in [-0.2, -0.15) is 0 Å². The average molecular weight is 510 g/mol. The van der Waals surface area contributed by atoms with E-state index in [4.69, 9.17) is 21.4 Å². The molecule has 0 radical (unpaired) electrons. The molecule has 0 fully saturated rings. The largest absolute Gasteiger partial charge is 0.397 e. The quantitative estimate of drug-likeness (QED) is 0.254. The van der Waals surface area contributed by atoms with E-state index in [1.54, 1.807) is 11.3 Å². The van der Waals surface area contributed by atoms with Crippen molar-refractivity contribution < 1.29 is 0 Å². The lowest BCUT2D eigenvalue weighted by atomic mass is 10.1. The maximum atomic E-state index is 7.00. The van der Waals surface area contributed by atoms with Gasteiger partial charge in [0.1, 0.15) is 11.6 Å². The molecule has 4 aromatic carbocycles. The van der Waals surface area contributed by atoms with Crippen molar-refractivity contribution in [1.29, 1.82) is 0 Å². The van der Waals surface area contributed by atoms with Crippen LogP contribution in [0.5, 0.6) is 0 Å². The highest BCUT2D eigenvalue weighted by Gasteiger charge is 2.23. The van der Waals surface area contributed by atoms with E-state index >= 15 is 0 Å². The van der Waals surface area contributed by atoms with Gasteiger partial charge in [-0.3, -0.25) is 4.57 Å². The summed E-state index contributed by atoms with van der Waals surface area (Å²) in [6.45, 7) is 0. The molecule has 0 unspecified atom stereocenters. The van der Waals surface area contributed by atoms with E-state index in [-0.39, 0.29) is 0 Å². The number of para-hydroxylation sites is 1. The Labute approximate surface area is 223 Å². The molecular weight excluding hydrogens is 486 g/mol. The second-order valence-corrected chi connectivity index (χ2v) is 10.2. The fourth-order valence-corrected chi connectivity index (χ4v) is 6.21. The van der Waals surface area contributed by atoms with Gasteiger partial charge in [-0.15, -0.1) is 11.3 Å². The van der Waals surface area contributed by atoms with E-state index < -0.39 is 0 Å². The van der Waals surface area contributed by atoms with Crippen molar-refractivity contribution in [3.8, 4) is 38.9 Å². The Kier molecular flexibility index (Phi) is 5.20. The molecule has 3 heterocycles. The van der Waals surface area contributed by atoms with Crippen molar-refractivity contribution in [2.24, 2.45) is 0 Å². The molecule has 0 saturated heterocycles. The van der Waals surface area contributed by atoms with Crippen molar-refractivity contribution in [3.05, 3.63) is 115 Å². The number of anilines is 2. The molecule has 7 rings (SSSR count). The normalized spacial score (nSPS) is 11.4. The highest BCUT2D eigenvalue weighted by atomic mass is 32.1. The Hall–Kier alpha value is -4.94. The minimum Gasteiger partial charge on any atom is -0.397 e. The predicted molar refractivity (Wildman–Crippen MR) is 159 cm³/mol. The second kappa shape index (κ2) is 8.87. The highest BCUT2D eigenvalue weighted by molar-refractivity contribution is 7.23. The van der Waals surface area contributed by atoms with Crippen LogP contribution in [0.3, 0.4) is 0 Å². The van der Waals surface area contributed by atoms with Crippen LogP contribution in [0.25, 0.3) is 59.9 Å². The van der Waals surface area contributed by atoms with Gasteiger partial charge in [0, 0.05) is 38.2 Å². The van der Waals surface area contributed by atoms with E-state index in [2.05, 4.69) is 36.4 Å². The van der Waals surface area contributed by atoms with Crippen LogP contribution in [0.15, 0.2) is 115 Å². The number of fused-ring (bicyclic) bond motifs is 2. The van der Waals surface area contributed by atoms with Crippen LogP contribution >= 0.6 is 11.3 Å². The summed E-state index contributed by atoms with van der Waals surface area (Å²) in [5.74, 6) is 1.94. The van der Waals surface area contributed by atoms with Gasteiger partial charge in [0.25, 0.3) is 0 Å². The molecule has 7 aromatic rings. The van der Waals surface area contributed by atoms with Gasteiger partial charge in [0.15, 0.2) is 5.82 Å². The molecule has 0 aliphatic rings. The first kappa shape index (κ1) is 22.3. The topological polar surface area (TPSA) is 82.8 Å². The van der Waals surface area contributed by atoms with Gasteiger partial charge in [0.05, 0.1) is 21.8 Å². The van der Waals surface area contributed by atoms with Crippen molar-refractivity contribution in [2.75, 3.05) is 11.5 Å². The number of hydrogen-bond acceptors (Lipinski definition) is 5. The number of rotatable bonds is 4. The van der Waals surface area contributed by atoms with Crippen molar-refractivity contribution >= 4 is 43.8 Å². The van der Waals surface area contributed by atoms with Gasteiger partial charge in [-0.05, 0) is 12.1 Å². The number of hydrogen-bond donors (Lipinski definition) is 2. The minimum absolute atomic E-state index is 0.598. The molecule has 0 aliphatic carbocycles. The summed E-state index contributed by atoms with van der Waals surface area (Å²) < 4.78 is 3.16. The summed E-state index contributed by atoms with van der Waals surface area (Å²) in [5, 5.41) is 2.08. The lowest BCUT2D eigenvalue weighted by molar-refractivity contribution is 1.03. The average Bonchev–Trinajstić information content (AvgIpc) is 3.46. The molecule has 0 saturated carbocycles. The third-order valence-electron chi connectivity index (χ3n) is 6.82. The first-order valence-corrected chi connectivity index (χ1v) is 13.2. The van der Waals surface area contributed by atoms with Crippen LogP contribution in [0, 0.1) is 0 Å². The standard InChI is InChI=1S/C32H23N5S/c33-29-23-16-8-10-18-26(23)38-30(29)28-22-15-7-9-17-25(22)37(31(28)34)27-19-24(20-11-3-1-4-12-20)35-32(36-27)21-13-5-2-6-14-21/h1-19H,33-34H2. The van der Waals surface area contributed by atoms with E-state index in [1.807, 2.05) is 83.4 Å². The second-order valence-electron chi connectivity index (χ2n) is 9.12. The van der Waals surface area contributed by atoms with Gasteiger partial charge >= 0.3 is 0 Å². The molecule has 3 aromatic heterocycles. The monoisotopic (exact) mass is 509 g/mol. The fraction of sp³-hybridized carbons (Fsp3) is 0. The Bertz CT molecular complexity index is 1880. The maximum absolute atomic E-state index is 7.00. The van der Waals surface area contributed by atoms with Gasteiger partial charge in [-0.25, -0.2) is 9.97 Å². The minimum atomic E-state index is 0.598. The molecule has 182 valence electrons. The molecule has 4 N–H and O–H groups in total. The van der Waals surface area contributed by atoms with Crippen molar-refractivity contribution in [2.45, 2.75) is 0 Å².